The molecule has 0 amide bonds. The van der Waals surface area contributed by atoms with Crippen molar-refractivity contribution < 1.29 is 4.74 Å². The van der Waals surface area contributed by atoms with E-state index >= 15 is 0 Å². The van der Waals surface area contributed by atoms with Gasteiger partial charge in [-0.15, -0.1) is 0 Å². The Hall–Kier alpha value is -1.25. The molecule has 0 atom stereocenters. The molecule has 0 unspecified atom stereocenters. The van der Waals surface area contributed by atoms with Crippen molar-refractivity contribution in [2.75, 3.05) is 6.61 Å². The molecule has 4 heteroatoms. The highest BCUT2D eigenvalue weighted by molar-refractivity contribution is 6.38. The van der Waals surface area contributed by atoms with Gasteiger partial charge in [-0.05, 0) is 18.6 Å². The van der Waals surface area contributed by atoms with Crippen LogP contribution < -0.4 is 4.74 Å². The summed E-state index contributed by atoms with van der Waals surface area (Å²) < 4.78 is 5.73. The summed E-state index contributed by atoms with van der Waals surface area (Å²) in [4.78, 5) is 4.37. The number of pyridine rings is 1. The van der Waals surface area contributed by atoms with Crippen LogP contribution in [0.2, 0.25) is 10.0 Å². The van der Waals surface area contributed by atoms with E-state index in [0.717, 1.165) is 28.6 Å². The maximum absolute atomic E-state index is 6.13. The molecule has 1 aliphatic rings. The molecular weight excluding hydrogens is 257 g/mol. The first-order valence-electron chi connectivity index (χ1n) is 5.30. The van der Waals surface area contributed by atoms with Crippen LogP contribution in [-0.2, 0) is 6.42 Å². The van der Waals surface area contributed by atoms with Crippen LogP contribution in [0.15, 0.2) is 30.5 Å². The summed E-state index contributed by atoms with van der Waals surface area (Å²) in [7, 11) is 0. The molecule has 3 rings (SSSR count). The number of hydrogen-bond donors (Lipinski definition) is 0. The topological polar surface area (TPSA) is 22.1 Å². The quantitative estimate of drug-likeness (QED) is 0.671. The Morgan fingerprint density at radius 3 is 2.94 bits per heavy atom. The van der Waals surface area contributed by atoms with E-state index in [9.17, 15) is 0 Å². The fourth-order valence-corrected chi connectivity index (χ4v) is 2.51. The van der Waals surface area contributed by atoms with Crippen LogP contribution in [0.5, 0.6) is 5.75 Å². The molecule has 86 valence electrons. The highest BCUT2D eigenvalue weighted by Gasteiger charge is 2.13. The summed E-state index contributed by atoms with van der Waals surface area (Å²) in [5.74, 6) is 0.837. The number of aromatic nitrogens is 1. The smallest absolute Gasteiger partial charge is 0.134 e. The van der Waals surface area contributed by atoms with Gasteiger partial charge in [-0.3, -0.25) is 4.98 Å². The van der Waals surface area contributed by atoms with Crippen molar-refractivity contribution in [3.63, 3.8) is 0 Å². The van der Waals surface area contributed by atoms with E-state index in [1.165, 1.54) is 0 Å². The lowest BCUT2D eigenvalue weighted by molar-refractivity contribution is 0.367. The third kappa shape index (κ3) is 1.88. The zero-order valence-electron chi connectivity index (χ0n) is 8.91. The SMILES string of the molecule is Clc1cc(Cl)c2ncc3c(c2c1)OCC=CC3. The molecule has 2 heterocycles. The predicted molar refractivity (Wildman–Crippen MR) is 70.1 cm³/mol. The molecule has 2 aromatic rings. The van der Waals surface area contributed by atoms with Gasteiger partial charge >= 0.3 is 0 Å². The summed E-state index contributed by atoms with van der Waals surface area (Å²) >= 11 is 12.2. The Morgan fingerprint density at radius 1 is 1.18 bits per heavy atom. The molecule has 0 fully saturated rings. The van der Waals surface area contributed by atoms with Crippen molar-refractivity contribution in [1.29, 1.82) is 0 Å². The van der Waals surface area contributed by atoms with Gasteiger partial charge in [0.2, 0.25) is 0 Å². The lowest BCUT2D eigenvalue weighted by atomic mass is 10.1. The van der Waals surface area contributed by atoms with Gasteiger partial charge in [-0.1, -0.05) is 35.4 Å². The van der Waals surface area contributed by atoms with Crippen LogP contribution in [0, 0.1) is 0 Å². The molecule has 1 aromatic carbocycles. The summed E-state index contributed by atoms with van der Waals surface area (Å²) in [5.41, 5.74) is 1.79. The minimum absolute atomic E-state index is 0.552. The molecule has 0 saturated carbocycles. The van der Waals surface area contributed by atoms with Gasteiger partial charge in [-0.25, -0.2) is 0 Å². The van der Waals surface area contributed by atoms with Gasteiger partial charge in [0.05, 0.1) is 10.5 Å². The largest absolute Gasteiger partial charge is 0.488 e. The average Bonchev–Trinajstić information content (AvgIpc) is 2.53. The molecule has 0 spiro atoms. The van der Waals surface area contributed by atoms with Gasteiger partial charge in [0.25, 0.3) is 0 Å². The molecule has 0 saturated heterocycles. The molecule has 17 heavy (non-hydrogen) atoms. The Balaban J connectivity index is 2.34. The van der Waals surface area contributed by atoms with Gasteiger partial charge < -0.3 is 4.74 Å². The summed E-state index contributed by atoms with van der Waals surface area (Å²) in [6.45, 7) is 0.566. The minimum Gasteiger partial charge on any atom is -0.488 e. The number of halogens is 2. The van der Waals surface area contributed by atoms with Gasteiger partial charge in [-0.2, -0.15) is 0 Å². The highest BCUT2D eigenvalue weighted by Crippen LogP contribution is 2.35. The summed E-state index contributed by atoms with van der Waals surface area (Å²) in [6.07, 6.45) is 6.71. The molecular formula is C13H9Cl2NO. The summed E-state index contributed by atoms with van der Waals surface area (Å²) in [6, 6.07) is 3.54. The monoisotopic (exact) mass is 265 g/mol. The number of ether oxygens (including phenoxy) is 1. The Labute approximate surface area is 109 Å². The first-order chi connectivity index (χ1) is 8.25. The lowest BCUT2D eigenvalue weighted by Crippen LogP contribution is -1.97. The number of allylic oxidation sites excluding steroid dienone is 1. The van der Waals surface area contributed by atoms with Crippen LogP contribution in [0.1, 0.15) is 5.56 Å². The van der Waals surface area contributed by atoms with Crippen molar-refractivity contribution >= 4 is 34.1 Å². The van der Waals surface area contributed by atoms with E-state index in [1.807, 2.05) is 18.3 Å². The lowest BCUT2D eigenvalue weighted by Gasteiger charge is -2.11. The van der Waals surface area contributed by atoms with E-state index in [2.05, 4.69) is 11.1 Å². The maximum atomic E-state index is 6.13. The molecule has 0 N–H and O–H groups in total. The number of hydrogen-bond acceptors (Lipinski definition) is 2. The Bertz CT molecular complexity index is 622. The van der Waals surface area contributed by atoms with Crippen molar-refractivity contribution in [2.24, 2.45) is 0 Å². The van der Waals surface area contributed by atoms with Crippen molar-refractivity contribution in [3.8, 4) is 5.75 Å². The second-order valence-electron chi connectivity index (χ2n) is 3.88. The zero-order valence-corrected chi connectivity index (χ0v) is 10.4. The molecule has 0 bridgehead atoms. The van der Waals surface area contributed by atoms with E-state index in [0.29, 0.717) is 16.7 Å². The number of rotatable bonds is 0. The first-order valence-corrected chi connectivity index (χ1v) is 6.06. The van der Waals surface area contributed by atoms with Crippen molar-refractivity contribution in [2.45, 2.75) is 6.42 Å². The van der Waals surface area contributed by atoms with Gasteiger partial charge in [0.1, 0.15) is 12.4 Å². The Kier molecular flexibility index (Phi) is 2.69. The Morgan fingerprint density at radius 2 is 2.06 bits per heavy atom. The molecule has 2 nitrogen and oxygen atoms in total. The number of benzene rings is 1. The third-order valence-corrected chi connectivity index (χ3v) is 3.25. The number of fused-ring (bicyclic) bond motifs is 3. The van der Waals surface area contributed by atoms with Crippen LogP contribution >= 0.6 is 23.2 Å². The van der Waals surface area contributed by atoms with Crippen LogP contribution in [0.4, 0.5) is 0 Å². The average molecular weight is 266 g/mol. The first kappa shape index (κ1) is 10.9. The maximum Gasteiger partial charge on any atom is 0.134 e. The third-order valence-electron chi connectivity index (χ3n) is 2.74. The van der Waals surface area contributed by atoms with E-state index < -0.39 is 0 Å². The predicted octanol–water partition coefficient (Wildman–Crippen LogP) is 4.03. The van der Waals surface area contributed by atoms with Crippen LogP contribution in [0.3, 0.4) is 0 Å². The van der Waals surface area contributed by atoms with E-state index in [4.69, 9.17) is 27.9 Å². The van der Waals surface area contributed by atoms with Gasteiger partial charge in [0.15, 0.2) is 0 Å². The van der Waals surface area contributed by atoms with Crippen LogP contribution in [0.25, 0.3) is 10.9 Å². The van der Waals surface area contributed by atoms with Crippen LogP contribution in [-0.4, -0.2) is 11.6 Å². The van der Waals surface area contributed by atoms with E-state index in [1.54, 1.807) is 6.07 Å². The van der Waals surface area contributed by atoms with Gasteiger partial charge in [0, 0.05) is 22.2 Å². The van der Waals surface area contributed by atoms with Crippen molar-refractivity contribution in [1.82, 2.24) is 4.98 Å². The van der Waals surface area contributed by atoms with Crippen molar-refractivity contribution in [3.05, 3.63) is 46.1 Å². The summed E-state index contributed by atoms with van der Waals surface area (Å²) in [5, 5.41) is 2.03. The molecule has 1 aromatic heterocycles. The second-order valence-corrected chi connectivity index (χ2v) is 4.73. The molecule has 1 aliphatic heterocycles. The number of nitrogens with zero attached hydrogens (tertiary/aromatic N) is 1. The highest BCUT2D eigenvalue weighted by atomic mass is 35.5. The molecule has 0 radical (unpaired) electrons. The molecule has 0 aliphatic carbocycles. The van der Waals surface area contributed by atoms with E-state index in [-0.39, 0.29) is 0 Å². The standard InChI is InChI=1S/C13H9Cl2NO/c14-9-5-10-12(11(15)6-9)16-7-8-3-1-2-4-17-13(8)10/h1-2,5-7H,3-4H2. The second kappa shape index (κ2) is 4.21. The fraction of sp³-hybridized carbons (Fsp3) is 0.154. The normalized spacial score (nSPS) is 14.2. The zero-order chi connectivity index (χ0) is 11.8. The fourth-order valence-electron chi connectivity index (χ4n) is 1.97. The minimum atomic E-state index is 0.552.